The van der Waals surface area contributed by atoms with E-state index >= 15 is 0 Å². The molecular formula is C15H23N3OS. The van der Waals surface area contributed by atoms with E-state index in [1.54, 1.807) is 24.3 Å². The Hall–Kier alpha value is -0.650. The zero-order chi connectivity index (χ0) is 13.8. The number of nitrogens with zero attached hydrogens (tertiary/aromatic N) is 2. The van der Waals surface area contributed by atoms with E-state index in [0.717, 1.165) is 23.6 Å². The Labute approximate surface area is 124 Å². The minimum atomic E-state index is -0.00655. The lowest BCUT2D eigenvalue weighted by Crippen LogP contribution is -2.52. The first-order valence-corrected chi connectivity index (χ1v) is 8.58. The maximum absolute atomic E-state index is 9.89. The molecule has 0 radical (unpaired) electrons. The van der Waals surface area contributed by atoms with Crippen molar-refractivity contribution in [2.24, 2.45) is 5.92 Å². The molecule has 0 aromatic carbocycles. The molecule has 2 fully saturated rings. The maximum Gasteiger partial charge on any atom is 0.116 e. The maximum atomic E-state index is 9.89. The van der Waals surface area contributed by atoms with Gasteiger partial charge in [-0.3, -0.25) is 0 Å². The highest BCUT2D eigenvalue weighted by atomic mass is 32.2. The Kier molecular flexibility index (Phi) is 4.58. The molecular weight excluding hydrogens is 270 g/mol. The van der Waals surface area contributed by atoms with Crippen LogP contribution in [-0.2, 0) is 0 Å². The van der Waals surface area contributed by atoms with Gasteiger partial charge in [-0.1, -0.05) is 6.42 Å². The molecule has 1 aromatic heterocycles. The number of aliphatic hydroxyl groups is 1. The summed E-state index contributed by atoms with van der Waals surface area (Å²) in [5.74, 6) is 1.66. The topological polar surface area (TPSA) is 58.0 Å². The van der Waals surface area contributed by atoms with Crippen molar-refractivity contribution in [1.29, 1.82) is 0 Å². The normalized spacial score (nSPS) is 29.8. The van der Waals surface area contributed by atoms with Gasteiger partial charge >= 0.3 is 0 Å². The summed E-state index contributed by atoms with van der Waals surface area (Å²) in [4.78, 5) is 8.18. The van der Waals surface area contributed by atoms with Gasteiger partial charge in [-0.2, -0.15) is 0 Å². The van der Waals surface area contributed by atoms with Crippen LogP contribution in [0.3, 0.4) is 0 Å². The molecule has 110 valence electrons. The van der Waals surface area contributed by atoms with Crippen molar-refractivity contribution in [1.82, 2.24) is 15.3 Å². The zero-order valence-corrected chi connectivity index (χ0v) is 12.6. The lowest BCUT2D eigenvalue weighted by molar-refractivity contribution is 0.120. The van der Waals surface area contributed by atoms with Gasteiger partial charge in [-0.05, 0) is 49.8 Å². The van der Waals surface area contributed by atoms with E-state index in [9.17, 15) is 5.11 Å². The van der Waals surface area contributed by atoms with Crippen LogP contribution < -0.4 is 5.32 Å². The number of aliphatic hydroxyl groups excluding tert-OH is 1. The smallest absolute Gasteiger partial charge is 0.116 e. The van der Waals surface area contributed by atoms with Crippen LogP contribution in [0.4, 0.5) is 0 Å². The number of hydrogen-bond donors (Lipinski definition) is 2. The molecule has 2 aliphatic carbocycles. The lowest BCUT2D eigenvalue weighted by atomic mass is 9.85. The van der Waals surface area contributed by atoms with E-state index < -0.39 is 0 Å². The molecule has 2 saturated carbocycles. The third kappa shape index (κ3) is 3.32. The van der Waals surface area contributed by atoms with Gasteiger partial charge in [0, 0.05) is 17.8 Å². The molecule has 3 rings (SSSR count). The second-order valence-corrected chi connectivity index (χ2v) is 7.12. The molecule has 1 heterocycles. The average molecular weight is 293 g/mol. The third-order valence-electron chi connectivity index (χ3n) is 4.58. The second-order valence-electron chi connectivity index (χ2n) is 6.01. The second kappa shape index (κ2) is 6.41. The SMILES string of the molecule is OCC1(NC2CC2)CCCC1CCSc1ccncn1. The van der Waals surface area contributed by atoms with E-state index in [-0.39, 0.29) is 12.1 Å². The highest BCUT2D eigenvalue weighted by Gasteiger charge is 2.44. The molecule has 2 atom stereocenters. The van der Waals surface area contributed by atoms with Gasteiger partial charge in [0.1, 0.15) is 6.33 Å². The van der Waals surface area contributed by atoms with Crippen molar-refractivity contribution < 1.29 is 5.11 Å². The molecule has 0 saturated heterocycles. The van der Waals surface area contributed by atoms with Gasteiger partial charge in [-0.15, -0.1) is 11.8 Å². The molecule has 5 heteroatoms. The van der Waals surface area contributed by atoms with E-state index in [1.165, 1.54) is 25.7 Å². The van der Waals surface area contributed by atoms with Crippen LogP contribution in [0.5, 0.6) is 0 Å². The molecule has 2 aliphatic rings. The number of rotatable bonds is 7. The zero-order valence-electron chi connectivity index (χ0n) is 11.8. The van der Waals surface area contributed by atoms with Gasteiger partial charge in [0.25, 0.3) is 0 Å². The molecule has 2 unspecified atom stereocenters. The Morgan fingerprint density at radius 2 is 2.30 bits per heavy atom. The van der Waals surface area contributed by atoms with Gasteiger partial charge in [0.2, 0.25) is 0 Å². The summed E-state index contributed by atoms with van der Waals surface area (Å²) in [6.07, 6.45) is 10.7. The predicted molar refractivity (Wildman–Crippen MR) is 80.7 cm³/mol. The third-order valence-corrected chi connectivity index (χ3v) is 5.56. The highest BCUT2D eigenvalue weighted by Crippen LogP contribution is 2.41. The van der Waals surface area contributed by atoms with E-state index in [4.69, 9.17) is 0 Å². The summed E-state index contributed by atoms with van der Waals surface area (Å²) in [7, 11) is 0. The van der Waals surface area contributed by atoms with Gasteiger partial charge in [-0.25, -0.2) is 9.97 Å². The summed E-state index contributed by atoms with van der Waals surface area (Å²) in [6, 6.07) is 2.62. The molecule has 2 N–H and O–H groups in total. The fraction of sp³-hybridized carbons (Fsp3) is 0.733. The quantitative estimate of drug-likeness (QED) is 0.596. The van der Waals surface area contributed by atoms with Crippen LogP contribution in [0.2, 0.25) is 0 Å². The van der Waals surface area contributed by atoms with Gasteiger partial charge in [0.05, 0.1) is 11.6 Å². The van der Waals surface area contributed by atoms with E-state index in [1.807, 2.05) is 6.07 Å². The molecule has 0 bridgehead atoms. The van der Waals surface area contributed by atoms with Crippen molar-refractivity contribution in [3.63, 3.8) is 0 Å². The Morgan fingerprint density at radius 3 is 3.00 bits per heavy atom. The molecule has 0 amide bonds. The van der Waals surface area contributed by atoms with E-state index in [2.05, 4.69) is 15.3 Å². The first kappa shape index (κ1) is 14.3. The molecule has 0 aliphatic heterocycles. The van der Waals surface area contributed by atoms with Crippen LogP contribution in [0.15, 0.2) is 23.6 Å². The average Bonchev–Trinajstić information content (AvgIpc) is 3.21. The van der Waals surface area contributed by atoms with Crippen LogP contribution in [0.25, 0.3) is 0 Å². The molecule has 4 nitrogen and oxygen atoms in total. The van der Waals surface area contributed by atoms with Gasteiger partial charge in [0.15, 0.2) is 0 Å². The summed E-state index contributed by atoms with van der Waals surface area (Å²) >= 11 is 1.79. The van der Waals surface area contributed by atoms with Crippen molar-refractivity contribution in [2.75, 3.05) is 12.4 Å². The number of nitrogens with one attached hydrogen (secondary N) is 1. The van der Waals surface area contributed by atoms with Crippen molar-refractivity contribution in [3.8, 4) is 0 Å². The number of thioether (sulfide) groups is 1. The van der Waals surface area contributed by atoms with Crippen molar-refractivity contribution >= 4 is 11.8 Å². The Bertz CT molecular complexity index is 426. The summed E-state index contributed by atoms with van der Waals surface area (Å²) < 4.78 is 0. The Balaban J connectivity index is 1.52. The largest absolute Gasteiger partial charge is 0.394 e. The fourth-order valence-electron chi connectivity index (χ4n) is 3.31. The minimum Gasteiger partial charge on any atom is -0.394 e. The monoisotopic (exact) mass is 293 g/mol. The number of aromatic nitrogens is 2. The van der Waals surface area contributed by atoms with E-state index in [0.29, 0.717) is 12.0 Å². The van der Waals surface area contributed by atoms with Crippen LogP contribution >= 0.6 is 11.8 Å². The standard InChI is InChI=1S/C15H23N3OS/c19-10-15(18-13-3-4-13)7-1-2-12(15)6-9-20-14-5-8-16-11-17-14/h5,8,11-13,18-19H,1-4,6-7,9-10H2. The fourth-order valence-corrected chi connectivity index (χ4v) is 4.20. The molecule has 20 heavy (non-hydrogen) atoms. The number of hydrogen-bond acceptors (Lipinski definition) is 5. The van der Waals surface area contributed by atoms with Crippen LogP contribution in [0.1, 0.15) is 38.5 Å². The molecule has 1 aromatic rings. The molecule has 0 spiro atoms. The van der Waals surface area contributed by atoms with Gasteiger partial charge < -0.3 is 10.4 Å². The lowest BCUT2D eigenvalue weighted by Gasteiger charge is -2.35. The predicted octanol–water partition coefficient (Wildman–Crippen LogP) is 2.24. The summed E-state index contributed by atoms with van der Waals surface area (Å²) in [5, 5.41) is 14.7. The Morgan fingerprint density at radius 1 is 1.40 bits per heavy atom. The van der Waals surface area contributed by atoms with Crippen LogP contribution in [0, 0.1) is 5.92 Å². The first-order valence-electron chi connectivity index (χ1n) is 7.60. The minimum absolute atomic E-state index is 0.00655. The van der Waals surface area contributed by atoms with Crippen molar-refractivity contribution in [3.05, 3.63) is 18.6 Å². The summed E-state index contributed by atoms with van der Waals surface area (Å²) in [6.45, 7) is 0.284. The van der Waals surface area contributed by atoms with Crippen LogP contribution in [-0.4, -0.2) is 39.0 Å². The van der Waals surface area contributed by atoms with Crippen molar-refractivity contribution in [2.45, 2.75) is 55.1 Å². The summed E-state index contributed by atoms with van der Waals surface area (Å²) in [5.41, 5.74) is -0.00655. The first-order chi connectivity index (χ1) is 9.82. The highest BCUT2D eigenvalue weighted by molar-refractivity contribution is 7.99.